The van der Waals surface area contributed by atoms with E-state index in [9.17, 15) is 16.8 Å². The number of fused-ring (bicyclic) bond motifs is 1. The van der Waals surface area contributed by atoms with Crippen LogP contribution in [0.1, 0.15) is 32.4 Å². The summed E-state index contributed by atoms with van der Waals surface area (Å²) < 4.78 is 56.2. The fourth-order valence-electron chi connectivity index (χ4n) is 3.44. The second kappa shape index (κ2) is 9.47. The van der Waals surface area contributed by atoms with E-state index >= 15 is 0 Å². The van der Waals surface area contributed by atoms with Crippen molar-refractivity contribution in [2.45, 2.75) is 38.3 Å². The van der Waals surface area contributed by atoms with Gasteiger partial charge in [-0.25, -0.2) is 26.5 Å². The van der Waals surface area contributed by atoms with Gasteiger partial charge >= 0.3 is 0 Å². The lowest BCUT2D eigenvalue weighted by atomic mass is 10.1. The Hall–Kier alpha value is -2.27. The van der Waals surface area contributed by atoms with Crippen molar-refractivity contribution in [3.8, 4) is 0 Å². The largest absolute Gasteiger partial charge is 0.330 e. The van der Waals surface area contributed by atoms with E-state index in [2.05, 4.69) is 9.71 Å². The molecule has 168 valence electrons. The van der Waals surface area contributed by atoms with E-state index in [1.54, 1.807) is 39.2 Å². The van der Waals surface area contributed by atoms with E-state index in [0.717, 1.165) is 11.0 Å². The molecular formula is C21H28N4O4S2. The number of rotatable bonds is 10. The van der Waals surface area contributed by atoms with Gasteiger partial charge in [0.15, 0.2) is 0 Å². The summed E-state index contributed by atoms with van der Waals surface area (Å²) in [6, 6.07) is 13.4. The van der Waals surface area contributed by atoms with Gasteiger partial charge in [0.25, 0.3) is 0 Å². The summed E-state index contributed by atoms with van der Waals surface area (Å²) in [6.07, 6.45) is 1.64. The number of hydrogen-bond donors (Lipinski definition) is 1. The summed E-state index contributed by atoms with van der Waals surface area (Å²) in [4.78, 5) is 4.47. The van der Waals surface area contributed by atoms with Gasteiger partial charge in [0.1, 0.15) is 0 Å². The van der Waals surface area contributed by atoms with Crippen molar-refractivity contribution in [3.05, 3.63) is 60.4 Å². The van der Waals surface area contributed by atoms with Gasteiger partial charge in [0, 0.05) is 25.7 Å². The standard InChI is InChI=1S/C21H28N4O4S2/c1-4-25(5-2)31(28,29)19-12-10-18(11-13-19)17(3)23-30(26,27)15-14-24-16-22-20-8-6-7-9-21(20)24/h6-13,16-17,23H,4-5,14-15H2,1-3H3/t17-/m0/s1. The Labute approximate surface area is 184 Å². The molecule has 3 rings (SSSR count). The summed E-state index contributed by atoms with van der Waals surface area (Å²) in [6.45, 7) is 6.38. The summed E-state index contributed by atoms with van der Waals surface area (Å²) in [5, 5.41) is 0. The molecule has 0 amide bonds. The number of sulfonamides is 2. The highest BCUT2D eigenvalue weighted by molar-refractivity contribution is 7.89. The van der Waals surface area contributed by atoms with Crippen molar-refractivity contribution in [2.75, 3.05) is 18.8 Å². The van der Waals surface area contributed by atoms with Crippen molar-refractivity contribution < 1.29 is 16.8 Å². The van der Waals surface area contributed by atoms with Crippen LogP contribution in [-0.4, -0.2) is 49.5 Å². The van der Waals surface area contributed by atoms with Gasteiger partial charge in [-0.15, -0.1) is 0 Å². The van der Waals surface area contributed by atoms with Gasteiger partial charge in [-0.1, -0.05) is 38.1 Å². The summed E-state index contributed by atoms with van der Waals surface area (Å²) >= 11 is 0. The number of aryl methyl sites for hydroxylation is 1. The molecule has 0 saturated heterocycles. The number of aromatic nitrogens is 2. The molecule has 0 radical (unpaired) electrons. The first-order valence-corrected chi connectivity index (χ1v) is 13.3. The Bertz CT molecular complexity index is 1230. The molecule has 0 aliphatic carbocycles. The lowest BCUT2D eigenvalue weighted by Gasteiger charge is -2.19. The first-order chi connectivity index (χ1) is 14.7. The third-order valence-electron chi connectivity index (χ3n) is 5.21. The maximum atomic E-state index is 12.6. The Morgan fingerprint density at radius 3 is 2.29 bits per heavy atom. The molecule has 0 unspecified atom stereocenters. The lowest BCUT2D eigenvalue weighted by Crippen LogP contribution is -2.31. The molecule has 3 aromatic rings. The van der Waals surface area contributed by atoms with Crippen LogP contribution in [0.25, 0.3) is 11.0 Å². The van der Waals surface area contributed by atoms with Crippen LogP contribution in [0, 0.1) is 0 Å². The molecule has 0 aliphatic heterocycles. The number of benzene rings is 2. The van der Waals surface area contributed by atoms with Crippen LogP contribution < -0.4 is 4.72 Å². The van der Waals surface area contributed by atoms with E-state index in [0.29, 0.717) is 18.7 Å². The topological polar surface area (TPSA) is 101 Å². The van der Waals surface area contributed by atoms with Crippen LogP contribution in [0.15, 0.2) is 59.8 Å². The fourth-order valence-corrected chi connectivity index (χ4v) is 6.13. The number of imidazole rings is 1. The molecule has 31 heavy (non-hydrogen) atoms. The molecule has 0 bridgehead atoms. The zero-order valence-corrected chi connectivity index (χ0v) is 19.5. The molecule has 1 N–H and O–H groups in total. The van der Waals surface area contributed by atoms with Crippen LogP contribution in [0.4, 0.5) is 0 Å². The lowest BCUT2D eigenvalue weighted by molar-refractivity contribution is 0.445. The molecule has 0 saturated carbocycles. The number of nitrogens with zero attached hydrogens (tertiary/aromatic N) is 3. The Balaban J connectivity index is 1.66. The Morgan fingerprint density at radius 1 is 1.00 bits per heavy atom. The normalized spacial score (nSPS) is 13.7. The second-order valence-electron chi connectivity index (χ2n) is 7.24. The molecule has 2 aromatic carbocycles. The molecule has 1 atom stereocenters. The minimum atomic E-state index is -3.56. The van der Waals surface area contributed by atoms with Crippen molar-refractivity contribution in [1.29, 1.82) is 0 Å². The number of para-hydroxylation sites is 2. The number of hydrogen-bond acceptors (Lipinski definition) is 5. The molecule has 8 nitrogen and oxygen atoms in total. The van der Waals surface area contributed by atoms with Gasteiger partial charge in [-0.05, 0) is 36.8 Å². The molecule has 0 aliphatic rings. The van der Waals surface area contributed by atoms with E-state index in [1.165, 1.54) is 16.4 Å². The molecule has 0 fully saturated rings. The van der Waals surface area contributed by atoms with Gasteiger partial charge in [0.05, 0.1) is 28.0 Å². The van der Waals surface area contributed by atoms with Crippen molar-refractivity contribution >= 4 is 31.1 Å². The first-order valence-electron chi connectivity index (χ1n) is 10.2. The summed E-state index contributed by atoms with van der Waals surface area (Å²) in [7, 11) is -7.10. The van der Waals surface area contributed by atoms with E-state index in [1.807, 2.05) is 28.8 Å². The van der Waals surface area contributed by atoms with E-state index < -0.39 is 26.1 Å². The predicted octanol–water partition coefficient (Wildman–Crippen LogP) is 2.75. The van der Waals surface area contributed by atoms with Crippen LogP contribution in [-0.2, 0) is 26.6 Å². The van der Waals surface area contributed by atoms with Gasteiger partial charge < -0.3 is 4.57 Å². The highest BCUT2D eigenvalue weighted by Crippen LogP contribution is 2.20. The van der Waals surface area contributed by atoms with Crippen molar-refractivity contribution in [1.82, 2.24) is 18.6 Å². The van der Waals surface area contributed by atoms with E-state index in [-0.39, 0.29) is 17.2 Å². The van der Waals surface area contributed by atoms with Gasteiger partial charge in [0.2, 0.25) is 20.0 Å². The Morgan fingerprint density at radius 2 is 1.65 bits per heavy atom. The molecular weight excluding hydrogens is 436 g/mol. The third-order valence-corrected chi connectivity index (χ3v) is 8.70. The average Bonchev–Trinajstić information content (AvgIpc) is 3.16. The predicted molar refractivity (Wildman–Crippen MR) is 122 cm³/mol. The highest BCUT2D eigenvalue weighted by atomic mass is 32.2. The number of nitrogens with one attached hydrogen (secondary N) is 1. The SMILES string of the molecule is CCN(CC)S(=O)(=O)c1ccc([C@H](C)NS(=O)(=O)CCn2cnc3ccccc32)cc1. The smallest absolute Gasteiger partial charge is 0.243 e. The van der Waals surface area contributed by atoms with Gasteiger partial charge in [-0.2, -0.15) is 4.31 Å². The zero-order chi connectivity index (χ0) is 22.6. The highest BCUT2D eigenvalue weighted by Gasteiger charge is 2.22. The van der Waals surface area contributed by atoms with Crippen LogP contribution in [0.3, 0.4) is 0 Å². The van der Waals surface area contributed by atoms with Crippen molar-refractivity contribution in [2.24, 2.45) is 0 Å². The monoisotopic (exact) mass is 464 g/mol. The minimum absolute atomic E-state index is 0.0912. The fraction of sp³-hybridized carbons (Fsp3) is 0.381. The third kappa shape index (κ3) is 5.32. The quantitative estimate of drug-likeness (QED) is 0.497. The first kappa shape index (κ1) is 23.4. The van der Waals surface area contributed by atoms with E-state index in [4.69, 9.17) is 0 Å². The zero-order valence-electron chi connectivity index (χ0n) is 17.9. The second-order valence-corrected chi connectivity index (χ2v) is 11.1. The van der Waals surface area contributed by atoms with Crippen molar-refractivity contribution in [3.63, 3.8) is 0 Å². The summed E-state index contributed by atoms with van der Waals surface area (Å²) in [5.41, 5.74) is 2.40. The average molecular weight is 465 g/mol. The van der Waals surface area contributed by atoms with Crippen LogP contribution >= 0.6 is 0 Å². The maximum absolute atomic E-state index is 12.6. The molecule has 1 aromatic heterocycles. The Kier molecular flexibility index (Phi) is 7.15. The minimum Gasteiger partial charge on any atom is -0.330 e. The van der Waals surface area contributed by atoms with Gasteiger partial charge in [-0.3, -0.25) is 0 Å². The molecule has 1 heterocycles. The van der Waals surface area contributed by atoms with Crippen LogP contribution in [0.5, 0.6) is 0 Å². The van der Waals surface area contributed by atoms with Crippen LogP contribution in [0.2, 0.25) is 0 Å². The molecule has 0 spiro atoms. The molecule has 10 heteroatoms. The summed E-state index contributed by atoms with van der Waals surface area (Å²) in [5.74, 6) is -0.0912. The maximum Gasteiger partial charge on any atom is 0.243 e.